The fourth-order valence-electron chi connectivity index (χ4n) is 1.99. The number of hydrogen-bond donors (Lipinski definition) is 3. The van der Waals surface area contributed by atoms with Crippen LogP contribution in [0.15, 0.2) is 23.1 Å². The second-order valence-corrected chi connectivity index (χ2v) is 6.53. The molecule has 3 N–H and O–H groups in total. The van der Waals surface area contributed by atoms with Crippen LogP contribution in [0.3, 0.4) is 0 Å². The number of unbranched alkanes of at least 4 members (excludes halogenated alkanes) is 3. The molecular formula is C14H22N2O4S. The van der Waals surface area contributed by atoms with Gasteiger partial charge in [0.15, 0.2) is 0 Å². The number of anilines is 1. The normalized spacial score (nSPS) is 11.3. The van der Waals surface area contributed by atoms with Gasteiger partial charge in [-0.1, -0.05) is 32.3 Å². The van der Waals surface area contributed by atoms with Crippen molar-refractivity contribution in [2.75, 3.05) is 18.9 Å². The highest BCUT2D eigenvalue weighted by Crippen LogP contribution is 2.25. The second kappa shape index (κ2) is 7.99. The van der Waals surface area contributed by atoms with Crippen molar-refractivity contribution in [3.8, 4) is 0 Å². The monoisotopic (exact) mass is 314 g/mol. The quantitative estimate of drug-likeness (QED) is 0.608. The van der Waals surface area contributed by atoms with E-state index in [9.17, 15) is 18.3 Å². The SMILES string of the molecule is CCCCCCNc1c(C(=O)O)cccc1S(=O)(=O)NC. The smallest absolute Gasteiger partial charge is 0.337 e. The lowest BCUT2D eigenvalue weighted by molar-refractivity contribution is 0.0697. The van der Waals surface area contributed by atoms with Crippen LogP contribution in [0.5, 0.6) is 0 Å². The minimum Gasteiger partial charge on any atom is -0.478 e. The molecule has 0 saturated carbocycles. The topological polar surface area (TPSA) is 95.5 Å². The molecule has 1 aromatic rings. The lowest BCUT2D eigenvalue weighted by Gasteiger charge is -2.14. The minimum atomic E-state index is -3.71. The summed E-state index contributed by atoms with van der Waals surface area (Å²) in [6, 6.07) is 4.22. The number of aromatic carboxylic acids is 1. The summed E-state index contributed by atoms with van der Waals surface area (Å²) in [6.07, 6.45) is 4.09. The summed E-state index contributed by atoms with van der Waals surface area (Å²) in [5, 5.41) is 12.2. The molecule has 118 valence electrons. The first-order valence-corrected chi connectivity index (χ1v) is 8.46. The van der Waals surface area contributed by atoms with E-state index in [1.165, 1.54) is 25.2 Å². The molecule has 0 radical (unpaired) electrons. The van der Waals surface area contributed by atoms with Gasteiger partial charge in [-0.15, -0.1) is 0 Å². The number of carbonyl (C=O) groups is 1. The molecule has 0 aliphatic heterocycles. The maximum absolute atomic E-state index is 12.0. The number of rotatable bonds is 9. The average Bonchev–Trinajstić information content (AvgIpc) is 2.46. The second-order valence-electron chi connectivity index (χ2n) is 4.68. The molecule has 7 heteroatoms. The Kier molecular flexibility index (Phi) is 6.64. The van der Waals surface area contributed by atoms with Gasteiger partial charge in [0.2, 0.25) is 10.0 Å². The Hall–Kier alpha value is -1.60. The van der Waals surface area contributed by atoms with Gasteiger partial charge in [-0.05, 0) is 25.6 Å². The predicted octanol–water partition coefficient (Wildman–Crippen LogP) is 2.29. The highest BCUT2D eigenvalue weighted by Gasteiger charge is 2.21. The van der Waals surface area contributed by atoms with E-state index in [0.717, 1.165) is 25.7 Å². The van der Waals surface area contributed by atoms with E-state index < -0.39 is 16.0 Å². The third-order valence-corrected chi connectivity index (χ3v) is 4.60. The first-order chi connectivity index (χ1) is 9.94. The number of hydrogen-bond acceptors (Lipinski definition) is 4. The van der Waals surface area contributed by atoms with Crippen molar-refractivity contribution in [2.45, 2.75) is 37.5 Å². The molecule has 6 nitrogen and oxygen atoms in total. The summed E-state index contributed by atoms with van der Waals surface area (Å²) in [6.45, 7) is 2.64. The molecular weight excluding hydrogens is 292 g/mol. The fraction of sp³-hybridized carbons (Fsp3) is 0.500. The van der Waals surface area contributed by atoms with Crippen molar-refractivity contribution in [1.29, 1.82) is 0 Å². The van der Waals surface area contributed by atoms with Gasteiger partial charge in [-0.2, -0.15) is 0 Å². The van der Waals surface area contributed by atoms with Gasteiger partial charge < -0.3 is 10.4 Å². The van der Waals surface area contributed by atoms with Gasteiger partial charge in [0.25, 0.3) is 0 Å². The third kappa shape index (κ3) is 4.71. The average molecular weight is 314 g/mol. The van der Waals surface area contributed by atoms with E-state index in [-0.39, 0.29) is 16.1 Å². The van der Waals surface area contributed by atoms with Gasteiger partial charge in [-0.3, -0.25) is 0 Å². The highest BCUT2D eigenvalue weighted by molar-refractivity contribution is 7.89. The zero-order chi connectivity index (χ0) is 15.9. The molecule has 0 atom stereocenters. The van der Waals surface area contributed by atoms with Crippen molar-refractivity contribution < 1.29 is 18.3 Å². The van der Waals surface area contributed by atoms with Crippen molar-refractivity contribution in [3.63, 3.8) is 0 Å². The lowest BCUT2D eigenvalue weighted by atomic mass is 10.1. The maximum atomic E-state index is 12.0. The van der Waals surface area contributed by atoms with E-state index in [1.807, 2.05) is 0 Å². The summed E-state index contributed by atoms with van der Waals surface area (Å²) in [7, 11) is -2.41. The van der Waals surface area contributed by atoms with Gasteiger partial charge >= 0.3 is 5.97 Å². The van der Waals surface area contributed by atoms with Crippen LogP contribution in [-0.2, 0) is 10.0 Å². The number of para-hydroxylation sites is 1. The van der Waals surface area contributed by atoms with Crippen molar-refractivity contribution in [2.24, 2.45) is 0 Å². The van der Waals surface area contributed by atoms with Crippen LogP contribution >= 0.6 is 0 Å². The molecule has 0 aromatic heterocycles. The molecule has 0 spiro atoms. The maximum Gasteiger partial charge on any atom is 0.337 e. The summed E-state index contributed by atoms with van der Waals surface area (Å²) >= 11 is 0. The Labute approximate surface area is 125 Å². The van der Waals surface area contributed by atoms with Crippen LogP contribution < -0.4 is 10.0 Å². The highest BCUT2D eigenvalue weighted by atomic mass is 32.2. The summed E-state index contributed by atoms with van der Waals surface area (Å²) in [5.41, 5.74) is 0.109. The number of carboxylic acids is 1. The van der Waals surface area contributed by atoms with Crippen LogP contribution in [0.25, 0.3) is 0 Å². The van der Waals surface area contributed by atoms with Gasteiger partial charge in [-0.25, -0.2) is 17.9 Å². The summed E-state index contributed by atoms with van der Waals surface area (Å²) in [5.74, 6) is -1.15. The summed E-state index contributed by atoms with van der Waals surface area (Å²) < 4.78 is 26.2. The zero-order valence-corrected chi connectivity index (χ0v) is 13.2. The van der Waals surface area contributed by atoms with Crippen LogP contribution in [0, 0.1) is 0 Å². The van der Waals surface area contributed by atoms with E-state index in [0.29, 0.717) is 6.54 Å². The third-order valence-electron chi connectivity index (χ3n) is 3.15. The van der Waals surface area contributed by atoms with Gasteiger partial charge in [0, 0.05) is 6.54 Å². The Morgan fingerprint density at radius 3 is 2.52 bits per heavy atom. The van der Waals surface area contributed by atoms with Gasteiger partial charge in [0.05, 0.1) is 11.3 Å². The first-order valence-electron chi connectivity index (χ1n) is 6.97. The number of carboxylic acid groups (broad SMARTS) is 1. The van der Waals surface area contributed by atoms with Gasteiger partial charge in [0.1, 0.15) is 4.90 Å². The van der Waals surface area contributed by atoms with E-state index >= 15 is 0 Å². The molecule has 0 aliphatic carbocycles. The molecule has 1 rings (SSSR count). The Morgan fingerprint density at radius 2 is 1.95 bits per heavy atom. The number of sulfonamides is 1. The van der Waals surface area contributed by atoms with E-state index in [2.05, 4.69) is 17.0 Å². The molecule has 0 unspecified atom stereocenters. The Morgan fingerprint density at radius 1 is 1.24 bits per heavy atom. The number of nitrogens with one attached hydrogen (secondary N) is 2. The Balaban J connectivity index is 3.04. The molecule has 1 aromatic carbocycles. The largest absolute Gasteiger partial charge is 0.478 e. The molecule has 0 bridgehead atoms. The molecule has 0 heterocycles. The fourth-order valence-corrected chi connectivity index (χ4v) is 2.92. The molecule has 0 saturated heterocycles. The molecule has 0 fully saturated rings. The lowest BCUT2D eigenvalue weighted by Crippen LogP contribution is -2.21. The molecule has 0 amide bonds. The standard InChI is InChI=1S/C14H22N2O4S/c1-3-4-5-6-10-16-13-11(14(17)18)8-7-9-12(13)21(19,20)15-2/h7-9,15-16H,3-6,10H2,1-2H3,(H,17,18). The first kappa shape index (κ1) is 17.5. The Bertz CT molecular complexity index is 585. The predicted molar refractivity (Wildman–Crippen MR) is 82.3 cm³/mol. The van der Waals surface area contributed by atoms with Crippen molar-refractivity contribution in [1.82, 2.24) is 4.72 Å². The van der Waals surface area contributed by atoms with Crippen molar-refractivity contribution >= 4 is 21.7 Å². The number of benzene rings is 1. The van der Waals surface area contributed by atoms with Crippen LogP contribution in [0.2, 0.25) is 0 Å². The van der Waals surface area contributed by atoms with Crippen LogP contribution in [-0.4, -0.2) is 33.1 Å². The van der Waals surface area contributed by atoms with Crippen molar-refractivity contribution in [3.05, 3.63) is 23.8 Å². The minimum absolute atomic E-state index is 0.0400. The van der Waals surface area contributed by atoms with E-state index in [1.54, 1.807) is 0 Å². The molecule has 0 aliphatic rings. The van der Waals surface area contributed by atoms with Crippen LogP contribution in [0.1, 0.15) is 43.0 Å². The zero-order valence-electron chi connectivity index (χ0n) is 12.3. The van der Waals surface area contributed by atoms with E-state index in [4.69, 9.17) is 0 Å². The molecule has 21 heavy (non-hydrogen) atoms. The summed E-state index contributed by atoms with van der Waals surface area (Å²) in [4.78, 5) is 11.2. The van der Waals surface area contributed by atoms with Crippen LogP contribution in [0.4, 0.5) is 5.69 Å².